The summed E-state index contributed by atoms with van der Waals surface area (Å²) in [7, 11) is 0. The zero-order valence-electron chi connectivity index (χ0n) is 19.6. The van der Waals surface area contributed by atoms with Crippen LogP contribution >= 0.6 is 0 Å². The molecule has 2 saturated carbocycles. The minimum absolute atomic E-state index is 0.0432. The second kappa shape index (κ2) is 7.38. The fourth-order valence-corrected chi connectivity index (χ4v) is 7.19. The number of benzene rings is 2. The number of phenols is 1. The van der Waals surface area contributed by atoms with Crippen LogP contribution in [-0.2, 0) is 18.0 Å². The summed E-state index contributed by atoms with van der Waals surface area (Å²) < 4.78 is 45.1. The molecule has 0 aromatic heterocycles. The van der Waals surface area contributed by atoms with Crippen LogP contribution in [-0.4, -0.2) is 51.7 Å². The maximum atomic E-state index is 12.9. The maximum absolute atomic E-state index is 12.9. The lowest BCUT2D eigenvalue weighted by Gasteiger charge is -2.63. The number of rotatable bonds is 4. The van der Waals surface area contributed by atoms with Crippen molar-refractivity contribution in [3.05, 3.63) is 53.1 Å². The first-order valence-electron chi connectivity index (χ1n) is 12.6. The zero-order valence-corrected chi connectivity index (χ0v) is 19.6. The molecule has 2 bridgehead atoms. The average molecular weight is 501 g/mol. The third kappa shape index (κ3) is 3.02. The molecule has 0 unspecified atom stereocenters. The first-order chi connectivity index (χ1) is 17.2. The van der Waals surface area contributed by atoms with E-state index < -0.39 is 28.9 Å². The van der Waals surface area contributed by atoms with Gasteiger partial charge in [0.15, 0.2) is 23.4 Å². The SMILES string of the molecule is Oc1ccc2c3c1O[C@H]1/C(=N/Oc4ccc(C(F)(F)F)cc4)CC[C@@]4(O)[C@@H](C2)N(CC2CC2)CC[C@]314. The molecule has 2 heterocycles. The van der Waals surface area contributed by atoms with Crippen molar-refractivity contribution in [1.29, 1.82) is 0 Å². The Bertz CT molecular complexity index is 1260. The predicted octanol–water partition coefficient (Wildman–Crippen LogP) is 4.41. The Balaban J connectivity index is 1.26. The molecule has 2 aliphatic heterocycles. The van der Waals surface area contributed by atoms with Crippen molar-refractivity contribution in [1.82, 2.24) is 4.90 Å². The van der Waals surface area contributed by atoms with Crippen LogP contribution in [0.15, 0.2) is 41.6 Å². The molecular formula is C27H27F3N2O4. The number of aromatic hydroxyl groups is 1. The zero-order chi connectivity index (χ0) is 24.9. The molecule has 9 heteroatoms. The van der Waals surface area contributed by atoms with E-state index in [2.05, 4.69) is 10.1 Å². The Morgan fingerprint density at radius 2 is 1.89 bits per heavy atom. The van der Waals surface area contributed by atoms with Gasteiger partial charge >= 0.3 is 6.18 Å². The summed E-state index contributed by atoms with van der Waals surface area (Å²) in [4.78, 5) is 8.02. The standard InChI is InChI=1S/C27H27F3N2O4/c28-27(29,30)17-4-6-18(7-5-17)36-31-19-9-10-26(34)21-13-16-3-8-20(33)23-22(16)25(26,24(19)35-23)11-12-32(21)14-15-1-2-15/h3-8,15,21,24,33-34H,1-2,9-14H2/b31-19+/t21-,24+,25+,26-/m1/s1. The minimum Gasteiger partial charge on any atom is -0.504 e. The first-order valence-corrected chi connectivity index (χ1v) is 12.6. The first kappa shape index (κ1) is 22.4. The third-order valence-corrected chi connectivity index (χ3v) is 9.03. The number of phenolic OH excluding ortho intramolecular Hbond substituents is 1. The Morgan fingerprint density at radius 3 is 2.61 bits per heavy atom. The van der Waals surface area contributed by atoms with Crippen molar-refractivity contribution < 1.29 is 33.0 Å². The highest BCUT2D eigenvalue weighted by molar-refractivity contribution is 5.94. The summed E-state index contributed by atoms with van der Waals surface area (Å²) in [5.74, 6) is 1.34. The van der Waals surface area contributed by atoms with Crippen LogP contribution < -0.4 is 9.57 Å². The van der Waals surface area contributed by atoms with Crippen molar-refractivity contribution in [2.75, 3.05) is 13.1 Å². The molecule has 6 nitrogen and oxygen atoms in total. The van der Waals surface area contributed by atoms with Crippen molar-refractivity contribution in [3.8, 4) is 17.2 Å². The highest BCUT2D eigenvalue weighted by Crippen LogP contribution is 2.65. The van der Waals surface area contributed by atoms with Crippen LogP contribution in [0.2, 0.25) is 0 Å². The van der Waals surface area contributed by atoms with Gasteiger partial charge in [-0.1, -0.05) is 11.2 Å². The summed E-state index contributed by atoms with van der Waals surface area (Å²) in [6, 6.07) is 7.96. The van der Waals surface area contributed by atoms with Gasteiger partial charge in [-0.3, -0.25) is 4.90 Å². The highest BCUT2D eigenvalue weighted by Gasteiger charge is 2.72. The number of hydrogen-bond donors (Lipinski definition) is 2. The summed E-state index contributed by atoms with van der Waals surface area (Å²) in [5, 5.41) is 27.4. The van der Waals surface area contributed by atoms with Crippen LogP contribution in [0, 0.1) is 5.92 Å². The molecule has 2 N–H and O–H groups in total. The van der Waals surface area contributed by atoms with Gasteiger partial charge in [-0.15, -0.1) is 0 Å². The van der Waals surface area contributed by atoms with Crippen LogP contribution in [0.4, 0.5) is 13.2 Å². The van der Waals surface area contributed by atoms with Crippen molar-refractivity contribution in [2.24, 2.45) is 11.1 Å². The molecule has 2 aromatic rings. The fraction of sp³-hybridized carbons (Fsp3) is 0.519. The van der Waals surface area contributed by atoms with Crippen LogP contribution in [0.1, 0.15) is 48.8 Å². The fourth-order valence-electron chi connectivity index (χ4n) is 7.19. The molecule has 7 rings (SSSR count). The summed E-state index contributed by atoms with van der Waals surface area (Å²) in [5.41, 5.74) is 0.0273. The summed E-state index contributed by atoms with van der Waals surface area (Å²) in [6.07, 6.45) is -0.274. The van der Waals surface area contributed by atoms with Gasteiger partial charge in [0.1, 0.15) is 0 Å². The van der Waals surface area contributed by atoms with E-state index in [4.69, 9.17) is 9.57 Å². The van der Waals surface area contributed by atoms with Gasteiger partial charge in [-0.25, -0.2) is 0 Å². The molecule has 2 aromatic carbocycles. The second-order valence-electron chi connectivity index (χ2n) is 10.9. The van der Waals surface area contributed by atoms with Gasteiger partial charge in [0.25, 0.3) is 0 Å². The number of piperidine rings is 1. The van der Waals surface area contributed by atoms with E-state index in [1.54, 1.807) is 6.07 Å². The van der Waals surface area contributed by atoms with E-state index in [1.165, 1.54) is 25.0 Å². The number of nitrogens with zero attached hydrogens (tertiary/aromatic N) is 2. The number of alkyl halides is 3. The van der Waals surface area contributed by atoms with E-state index in [-0.39, 0.29) is 17.5 Å². The summed E-state index contributed by atoms with van der Waals surface area (Å²) >= 11 is 0. The number of oxime groups is 1. The molecule has 4 atom stereocenters. The van der Waals surface area contributed by atoms with E-state index in [1.807, 2.05) is 6.07 Å². The monoisotopic (exact) mass is 500 g/mol. The topological polar surface area (TPSA) is 74.5 Å². The van der Waals surface area contributed by atoms with Gasteiger partial charge in [-0.05, 0) is 86.9 Å². The van der Waals surface area contributed by atoms with Crippen molar-refractivity contribution >= 4 is 5.71 Å². The second-order valence-corrected chi connectivity index (χ2v) is 10.9. The van der Waals surface area contributed by atoms with E-state index in [0.29, 0.717) is 43.1 Å². The minimum atomic E-state index is -4.42. The Labute approximate surface area is 206 Å². The average Bonchev–Trinajstić information content (AvgIpc) is 3.58. The van der Waals surface area contributed by atoms with Gasteiger partial charge in [0.05, 0.1) is 22.3 Å². The molecule has 1 spiro atoms. The highest BCUT2D eigenvalue weighted by atomic mass is 19.4. The van der Waals surface area contributed by atoms with Gasteiger partial charge in [0.2, 0.25) is 0 Å². The lowest BCUT2D eigenvalue weighted by Crippen LogP contribution is -2.76. The molecule has 3 fully saturated rings. The molecule has 5 aliphatic rings. The lowest BCUT2D eigenvalue weighted by molar-refractivity contribution is -0.167. The lowest BCUT2D eigenvalue weighted by atomic mass is 9.49. The Kier molecular flexibility index (Phi) is 4.60. The predicted molar refractivity (Wildman–Crippen MR) is 124 cm³/mol. The smallest absolute Gasteiger partial charge is 0.416 e. The number of ether oxygens (including phenoxy) is 1. The van der Waals surface area contributed by atoms with Crippen LogP contribution in [0.25, 0.3) is 0 Å². The number of halogens is 3. The maximum Gasteiger partial charge on any atom is 0.416 e. The number of hydrogen-bond acceptors (Lipinski definition) is 6. The van der Waals surface area contributed by atoms with Crippen molar-refractivity contribution in [2.45, 2.75) is 67.9 Å². The molecule has 0 amide bonds. The van der Waals surface area contributed by atoms with Gasteiger partial charge in [-0.2, -0.15) is 13.2 Å². The molecule has 190 valence electrons. The van der Waals surface area contributed by atoms with Gasteiger partial charge in [0, 0.05) is 18.2 Å². The number of likely N-dealkylation sites (tertiary alicyclic amines) is 1. The van der Waals surface area contributed by atoms with Crippen LogP contribution in [0.5, 0.6) is 17.2 Å². The summed E-state index contributed by atoms with van der Waals surface area (Å²) in [6.45, 7) is 1.82. The largest absolute Gasteiger partial charge is 0.504 e. The molecular weight excluding hydrogens is 473 g/mol. The van der Waals surface area contributed by atoms with E-state index in [9.17, 15) is 23.4 Å². The van der Waals surface area contributed by atoms with E-state index >= 15 is 0 Å². The number of aliphatic hydroxyl groups is 1. The molecule has 3 aliphatic carbocycles. The van der Waals surface area contributed by atoms with E-state index in [0.717, 1.165) is 36.3 Å². The normalized spacial score (nSPS) is 33.8. The molecule has 36 heavy (non-hydrogen) atoms. The van der Waals surface area contributed by atoms with Crippen LogP contribution in [0.3, 0.4) is 0 Å². The van der Waals surface area contributed by atoms with Crippen molar-refractivity contribution in [3.63, 3.8) is 0 Å². The Hall–Kier alpha value is -2.78. The quantitative estimate of drug-likeness (QED) is 0.609. The molecule has 0 radical (unpaired) electrons. The Morgan fingerprint density at radius 1 is 1.11 bits per heavy atom. The third-order valence-electron chi connectivity index (χ3n) is 9.03. The molecule has 1 saturated heterocycles. The van der Waals surface area contributed by atoms with Gasteiger partial charge < -0.3 is 19.8 Å².